The van der Waals surface area contributed by atoms with Gasteiger partial charge in [-0.2, -0.15) is 0 Å². The number of hydrogen-bond acceptors (Lipinski definition) is 6. The van der Waals surface area contributed by atoms with Crippen LogP contribution in [0.2, 0.25) is 0 Å². The van der Waals surface area contributed by atoms with Crippen LogP contribution in [0.4, 0.5) is 5.69 Å². The predicted octanol–water partition coefficient (Wildman–Crippen LogP) is 2.20. The molecule has 1 aliphatic heterocycles. The van der Waals surface area contributed by atoms with Crippen LogP contribution in [-0.4, -0.2) is 37.4 Å². The van der Waals surface area contributed by atoms with Crippen molar-refractivity contribution in [2.75, 3.05) is 25.1 Å². The summed E-state index contributed by atoms with van der Waals surface area (Å²) in [6.45, 7) is -0.234. The second-order valence-corrected chi connectivity index (χ2v) is 6.42. The Labute approximate surface area is 168 Å². The number of anilines is 1. The molecule has 0 aromatic heterocycles. The molecule has 0 unspecified atom stereocenters. The number of ketones is 1. The van der Waals surface area contributed by atoms with E-state index in [2.05, 4.69) is 10.6 Å². The Morgan fingerprint density at radius 2 is 1.69 bits per heavy atom. The minimum Gasteiger partial charge on any atom is -0.470 e. The van der Waals surface area contributed by atoms with Crippen molar-refractivity contribution >= 4 is 23.3 Å². The first-order valence-corrected chi connectivity index (χ1v) is 9.33. The molecule has 0 radical (unpaired) electrons. The van der Waals surface area contributed by atoms with E-state index < -0.39 is 24.3 Å². The van der Waals surface area contributed by atoms with E-state index in [1.807, 2.05) is 36.4 Å². The second-order valence-electron chi connectivity index (χ2n) is 6.42. The molecule has 0 fully saturated rings. The summed E-state index contributed by atoms with van der Waals surface area (Å²) in [5.41, 5.74) is 1.64. The monoisotopic (exact) mass is 394 g/mol. The standard InChI is InChI=1S/C22H22N2O5/c25-18-14-28-21(24-17-11-5-2-6-12-17)20(18)22(27)29-15-19(26)23-13-7-10-16-8-3-1-4-9-16/h1-6,8-9,11-12,24H,7,10,13-15H2,(H,23,26). The van der Waals surface area contributed by atoms with E-state index in [9.17, 15) is 14.4 Å². The Balaban J connectivity index is 1.45. The van der Waals surface area contributed by atoms with Gasteiger partial charge < -0.3 is 20.1 Å². The highest BCUT2D eigenvalue weighted by molar-refractivity contribution is 6.20. The van der Waals surface area contributed by atoms with E-state index >= 15 is 0 Å². The Hall–Kier alpha value is -3.61. The summed E-state index contributed by atoms with van der Waals surface area (Å²) in [4.78, 5) is 36.1. The molecule has 3 rings (SSSR count). The summed E-state index contributed by atoms with van der Waals surface area (Å²) >= 11 is 0. The smallest absolute Gasteiger partial charge is 0.347 e. The van der Waals surface area contributed by atoms with Crippen LogP contribution >= 0.6 is 0 Å². The van der Waals surface area contributed by atoms with E-state index in [0.29, 0.717) is 12.2 Å². The molecule has 0 spiro atoms. The van der Waals surface area contributed by atoms with E-state index in [-0.39, 0.29) is 18.1 Å². The quantitative estimate of drug-likeness (QED) is 0.385. The van der Waals surface area contributed by atoms with Gasteiger partial charge in [-0.05, 0) is 30.5 Å². The van der Waals surface area contributed by atoms with Crippen LogP contribution in [0.5, 0.6) is 0 Å². The summed E-state index contributed by atoms with van der Waals surface area (Å²) in [6, 6.07) is 18.9. The third kappa shape index (κ3) is 5.93. The van der Waals surface area contributed by atoms with Gasteiger partial charge in [-0.25, -0.2) is 4.79 Å². The molecule has 0 saturated carbocycles. The molecular formula is C22H22N2O5. The molecule has 0 atom stereocenters. The minimum absolute atomic E-state index is 0.0365. The molecule has 1 aliphatic rings. The van der Waals surface area contributed by atoms with E-state index in [0.717, 1.165) is 12.8 Å². The molecule has 150 valence electrons. The number of nitrogens with one attached hydrogen (secondary N) is 2. The average Bonchev–Trinajstić information content (AvgIpc) is 3.11. The Bertz CT molecular complexity index is 894. The van der Waals surface area contributed by atoms with Gasteiger partial charge in [-0.15, -0.1) is 0 Å². The zero-order valence-electron chi connectivity index (χ0n) is 15.9. The predicted molar refractivity (Wildman–Crippen MR) is 107 cm³/mol. The summed E-state index contributed by atoms with van der Waals surface area (Å²) in [7, 11) is 0. The summed E-state index contributed by atoms with van der Waals surface area (Å²) in [6.07, 6.45) is 1.61. The second kappa shape index (κ2) is 10.1. The molecule has 7 heteroatoms. The lowest BCUT2D eigenvalue weighted by molar-refractivity contribution is -0.145. The summed E-state index contributed by atoms with van der Waals surface area (Å²) < 4.78 is 10.2. The highest BCUT2D eigenvalue weighted by atomic mass is 16.5. The van der Waals surface area contributed by atoms with Crippen molar-refractivity contribution < 1.29 is 23.9 Å². The lowest BCUT2D eigenvalue weighted by Gasteiger charge is -2.09. The Morgan fingerprint density at radius 3 is 2.41 bits per heavy atom. The first kappa shape index (κ1) is 20.1. The molecule has 2 aromatic rings. The number of para-hydroxylation sites is 1. The number of hydrogen-bond donors (Lipinski definition) is 2. The van der Waals surface area contributed by atoms with Crippen molar-refractivity contribution in [3.63, 3.8) is 0 Å². The maximum absolute atomic E-state index is 12.3. The molecule has 0 aliphatic carbocycles. The third-order valence-corrected chi connectivity index (χ3v) is 4.23. The zero-order valence-corrected chi connectivity index (χ0v) is 15.9. The third-order valence-electron chi connectivity index (χ3n) is 4.23. The molecule has 1 heterocycles. The van der Waals surface area contributed by atoms with Crippen molar-refractivity contribution in [3.8, 4) is 0 Å². The number of benzene rings is 2. The maximum Gasteiger partial charge on any atom is 0.347 e. The van der Waals surface area contributed by atoms with Gasteiger partial charge in [0.15, 0.2) is 18.8 Å². The van der Waals surface area contributed by atoms with Crippen molar-refractivity contribution in [3.05, 3.63) is 77.7 Å². The van der Waals surface area contributed by atoms with Gasteiger partial charge in [-0.1, -0.05) is 48.5 Å². The molecule has 0 bridgehead atoms. The highest BCUT2D eigenvalue weighted by Gasteiger charge is 2.32. The van der Waals surface area contributed by atoms with Gasteiger partial charge in [0.25, 0.3) is 5.91 Å². The van der Waals surface area contributed by atoms with Crippen LogP contribution < -0.4 is 10.6 Å². The molecule has 7 nitrogen and oxygen atoms in total. The number of amides is 1. The fourth-order valence-corrected chi connectivity index (χ4v) is 2.79. The number of rotatable bonds is 9. The number of carbonyl (C=O) groups is 3. The van der Waals surface area contributed by atoms with Crippen LogP contribution in [-0.2, 0) is 30.3 Å². The largest absolute Gasteiger partial charge is 0.470 e. The molecule has 29 heavy (non-hydrogen) atoms. The van der Waals surface area contributed by atoms with E-state index in [1.165, 1.54) is 5.56 Å². The lowest BCUT2D eigenvalue weighted by atomic mass is 10.1. The topological polar surface area (TPSA) is 93.7 Å². The fraction of sp³-hybridized carbons (Fsp3) is 0.227. The lowest BCUT2D eigenvalue weighted by Crippen LogP contribution is -2.30. The molecule has 2 aromatic carbocycles. The van der Waals surface area contributed by atoms with E-state index in [1.54, 1.807) is 24.3 Å². The maximum atomic E-state index is 12.3. The number of Topliss-reactive ketones (excluding diaryl/α,β-unsaturated/α-hetero) is 1. The first-order chi connectivity index (χ1) is 14.1. The summed E-state index contributed by atoms with van der Waals surface area (Å²) in [5, 5.41) is 5.58. The minimum atomic E-state index is -0.884. The van der Waals surface area contributed by atoms with Crippen LogP contribution in [0.1, 0.15) is 12.0 Å². The Kier molecular flexibility index (Phi) is 7.00. The zero-order chi connectivity index (χ0) is 20.5. The van der Waals surface area contributed by atoms with Crippen LogP contribution in [0.3, 0.4) is 0 Å². The average molecular weight is 394 g/mol. The van der Waals surface area contributed by atoms with Gasteiger partial charge in [0.1, 0.15) is 0 Å². The highest BCUT2D eigenvalue weighted by Crippen LogP contribution is 2.20. The van der Waals surface area contributed by atoms with Crippen molar-refractivity contribution in [2.45, 2.75) is 12.8 Å². The number of carbonyl (C=O) groups excluding carboxylic acids is 3. The van der Waals surface area contributed by atoms with Crippen molar-refractivity contribution in [2.24, 2.45) is 0 Å². The van der Waals surface area contributed by atoms with Crippen molar-refractivity contribution in [1.29, 1.82) is 0 Å². The first-order valence-electron chi connectivity index (χ1n) is 9.33. The molecule has 0 saturated heterocycles. The fourth-order valence-electron chi connectivity index (χ4n) is 2.79. The van der Waals surface area contributed by atoms with Crippen LogP contribution in [0.25, 0.3) is 0 Å². The normalized spacial score (nSPS) is 13.0. The van der Waals surface area contributed by atoms with Crippen LogP contribution in [0, 0.1) is 0 Å². The number of aryl methyl sites for hydroxylation is 1. The Morgan fingerprint density at radius 1 is 1.00 bits per heavy atom. The van der Waals surface area contributed by atoms with Gasteiger partial charge in [0.2, 0.25) is 11.7 Å². The SMILES string of the molecule is O=C(COC(=O)C1=C(Nc2ccccc2)OCC1=O)NCCCc1ccccc1. The molecule has 2 N–H and O–H groups in total. The number of ether oxygens (including phenoxy) is 2. The van der Waals surface area contributed by atoms with Gasteiger partial charge >= 0.3 is 5.97 Å². The van der Waals surface area contributed by atoms with Gasteiger partial charge in [0, 0.05) is 12.2 Å². The number of esters is 1. The van der Waals surface area contributed by atoms with Crippen molar-refractivity contribution in [1.82, 2.24) is 5.32 Å². The molecular weight excluding hydrogens is 372 g/mol. The summed E-state index contributed by atoms with van der Waals surface area (Å²) in [5.74, 6) is -1.76. The van der Waals surface area contributed by atoms with Crippen LogP contribution in [0.15, 0.2) is 72.1 Å². The molecule has 1 amide bonds. The van der Waals surface area contributed by atoms with Gasteiger partial charge in [0.05, 0.1) is 0 Å². The van der Waals surface area contributed by atoms with Gasteiger partial charge in [-0.3, -0.25) is 9.59 Å². The van der Waals surface area contributed by atoms with E-state index in [4.69, 9.17) is 9.47 Å².